The molecule has 0 aliphatic carbocycles. The topological polar surface area (TPSA) is 33.1 Å². The van der Waals surface area contributed by atoms with Crippen molar-refractivity contribution in [2.45, 2.75) is 6.10 Å². The van der Waals surface area contributed by atoms with Crippen LogP contribution in [0.1, 0.15) is 17.2 Å². The summed E-state index contributed by atoms with van der Waals surface area (Å²) in [6.45, 7) is 0. The van der Waals surface area contributed by atoms with Crippen molar-refractivity contribution in [2.24, 2.45) is 0 Å². The molecule has 82 valence electrons. The average molecular weight is 238 g/mol. The fourth-order valence-corrected chi connectivity index (χ4v) is 1.56. The summed E-state index contributed by atoms with van der Waals surface area (Å²) in [5.74, 6) is -0.523. The lowest BCUT2D eigenvalue weighted by molar-refractivity contribution is 0.214. The second-order valence-corrected chi connectivity index (χ2v) is 3.79. The molecule has 0 bridgehead atoms. The second kappa shape index (κ2) is 4.60. The molecule has 16 heavy (non-hydrogen) atoms. The summed E-state index contributed by atoms with van der Waals surface area (Å²) in [4.78, 5) is 3.63. The van der Waals surface area contributed by atoms with Gasteiger partial charge in [0.25, 0.3) is 0 Å². The first kappa shape index (κ1) is 11.0. The minimum absolute atomic E-state index is 0.206. The third kappa shape index (κ3) is 2.21. The number of aliphatic hydroxyl groups is 1. The van der Waals surface area contributed by atoms with E-state index in [4.69, 9.17) is 11.6 Å². The van der Waals surface area contributed by atoms with Crippen LogP contribution in [0.5, 0.6) is 0 Å². The summed E-state index contributed by atoms with van der Waals surface area (Å²) in [5.41, 5.74) is 0.798. The zero-order valence-electron chi connectivity index (χ0n) is 8.27. The fourth-order valence-electron chi connectivity index (χ4n) is 1.43. The Morgan fingerprint density at radius 3 is 2.50 bits per heavy atom. The molecular formula is C12H9ClFNO. The van der Waals surface area contributed by atoms with Crippen molar-refractivity contribution >= 4 is 11.6 Å². The predicted octanol–water partition coefficient (Wildman–Crippen LogP) is 2.96. The molecule has 0 spiro atoms. The number of benzene rings is 1. The molecule has 4 heteroatoms. The van der Waals surface area contributed by atoms with E-state index in [9.17, 15) is 9.50 Å². The maximum absolute atomic E-state index is 13.4. The van der Waals surface area contributed by atoms with Gasteiger partial charge in [-0.15, -0.1) is 0 Å². The number of nitrogens with zero attached hydrogens (tertiary/aromatic N) is 1. The first-order valence-electron chi connectivity index (χ1n) is 4.71. The maximum Gasteiger partial charge on any atom is 0.147 e. The molecule has 1 aromatic carbocycles. The Morgan fingerprint density at radius 1 is 1.19 bits per heavy atom. The summed E-state index contributed by atoms with van der Waals surface area (Å²) >= 11 is 5.73. The number of halogens is 2. The molecule has 0 saturated carbocycles. The molecule has 1 aromatic heterocycles. The lowest BCUT2D eigenvalue weighted by Crippen LogP contribution is -2.02. The fraction of sp³-hybridized carbons (Fsp3) is 0.0833. The Bertz CT molecular complexity index is 487. The Morgan fingerprint density at radius 2 is 1.88 bits per heavy atom. The van der Waals surface area contributed by atoms with Crippen LogP contribution in [0.25, 0.3) is 0 Å². The van der Waals surface area contributed by atoms with Gasteiger partial charge in [0.15, 0.2) is 0 Å². The zero-order chi connectivity index (χ0) is 11.5. The van der Waals surface area contributed by atoms with Gasteiger partial charge in [0, 0.05) is 16.8 Å². The van der Waals surface area contributed by atoms with Crippen LogP contribution in [0, 0.1) is 5.82 Å². The molecule has 1 unspecified atom stereocenters. The van der Waals surface area contributed by atoms with Gasteiger partial charge in [-0.1, -0.05) is 23.7 Å². The second-order valence-electron chi connectivity index (χ2n) is 3.35. The number of hydrogen-bond acceptors (Lipinski definition) is 2. The smallest absolute Gasteiger partial charge is 0.147 e. The highest BCUT2D eigenvalue weighted by atomic mass is 35.5. The molecule has 0 aliphatic rings. The van der Waals surface area contributed by atoms with Crippen LogP contribution in [-0.4, -0.2) is 10.1 Å². The van der Waals surface area contributed by atoms with Crippen LogP contribution in [0.3, 0.4) is 0 Å². The van der Waals surface area contributed by atoms with Crippen molar-refractivity contribution in [1.82, 2.24) is 4.98 Å². The SMILES string of the molecule is OC(c1ccc(Cl)cc1)c1ccncc1F. The lowest BCUT2D eigenvalue weighted by atomic mass is 10.0. The van der Waals surface area contributed by atoms with Gasteiger partial charge < -0.3 is 5.11 Å². The number of hydrogen-bond donors (Lipinski definition) is 1. The standard InChI is InChI=1S/C12H9ClFNO/c13-9-3-1-8(2-4-9)12(16)10-5-6-15-7-11(10)14/h1-7,12,16H. The molecule has 1 heterocycles. The molecule has 0 aliphatic heterocycles. The van der Waals surface area contributed by atoms with E-state index < -0.39 is 11.9 Å². The van der Waals surface area contributed by atoms with Crippen LogP contribution in [0.2, 0.25) is 5.02 Å². The highest BCUT2D eigenvalue weighted by molar-refractivity contribution is 6.30. The minimum atomic E-state index is -1.000. The van der Waals surface area contributed by atoms with Gasteiger partial charge in [0.2, 0.25) is 0 Å². The zero-order valence-corrected chi connectivity index (χ0v) is 9.03. The lowest BCUT2D eigenvalue weighted by Gasteiger charge is -2.11. The van der Waals surface area contributed by atoms with E-state index in [1.165, 1.54) is 12.3 Å². The third-order valence-corrected chi connectivity index (χ3v) is 2.54. The maximum atomic E-state index is 13.4. The van der Waals surface area contributed by atoms with Gasteiger partial charge in [0.05, 0.1) is 6.20 Å². The van der Waals surface area contributed by atoms with Gasteiger partial charge in [0.1, 0.15) is 11.9 Å². The first-order valence-corrected chi connectivity index (χ1v) is 5.09. The molecule has 0 radical (unpaired) electrons. The number of pyridine rings is 1. The van der Waals surface area contributed by atoms with Crippen LogP contribution in [0.15, 0.2) is 42.7 Å². The quantitative estimate of drug-likeness (QED) is 0.871. The minimum Gasteiger partial charge on any atom is -0.384 e. The summed E-state index contributed by atoms with van der Waals surface area (Å²) in [6, 6.07) is 8.08. The summed E-state index contributed by atoms with van der Waals surface area (Å²) < 4.78 is 13.4. The average Bonchev–Trinajstić information content (AvgIpc) is 2.30. The Hall–Kier alpha value is -1.45. The van der Waals surface area contributed by atoms with Gasteiger partial charge in [-0.25, -0.2) is 4.39 Å². The van der Waals surface area contributed by atoms with Crippen molar-refractivity contribution in [3.63, 3.8) is 0 Å². The summed E-state index contributed by atoms with van der Waals surface area (Å²) in [6.07, 6.45) is 1.52. The first-order chi connectivity index (χ1) is 7.68. The van der Waals surface area contributed by atoms with E-state index in [1.807, 2.05) is 0 Å². The van der Waals surface area contributed by atoms with Crippen molar-refractivity contribution in [1.29, 1.82) is 0 Å². The molecule has 2 nitrogen and oxygen atoms in total. The van der Waals surface area contributed by atoms with Crippen LogP contribution in [-0.2, 0) is 0 Å². The number of rotatable bonds is 2. The van der Waals surface area contributed by atoms with E-state index in [2.05, 4.69) is 4.98 Å². The Kier molecular flexibility index (Phi) is 3.17. The summed E-state index contributed by atoms with van der Waals surface area (Å²) in [5, 5.41) is 10.5. The molecule has 0 fully saturated rings. The molecule has 0 amide bonds. The molecular weight excluding hydrogens is 229 g/mol. The van der Waals surface area contributed by atoms with Crippen molar-refractivity contribution in [3.8, 4) is 0 Å². The molecule has 2 aromatic rings. The normalized spacial score (nSPS) is 12.4. The van der Waals surface area contributed by atoms with Crippen molar-refractivity contribution < 1.29 is 9.50 Å². The van der Waals surface area contributed by atoms with Crippen LogP contribution >= 0.6 is 11.6 Å². The van der Waals surface area contributed by atoms with Gasteiger partial charge >= 0.3 is 0 Å². The largest absolute Gasteiger partial charge is 0.384 e. The number of aliphatic hydroxyl groups excluding tert-OH is 1. The molecule has 0 saturated heterocycles. The van der Waals surface area contributed by atoms with E-state index in [-0.39, 0.29) is 5.56 Å². The Labute approximate surface area is 97.3 Å². The molecule has 1 atom stereocenters. The molecule has 2 rings (SSSR count). The summed E-state index contributed by atoms with van der Waals surface area (Å²) in [7, 11) is 0. The highest BCUT2D eigenvalue weighted by Crippen LogP contribution is 2.24. The Balaban J connectivity index is 2.35. The van der Waals surface area contributed by atoms with Crippen molar-refractivity contribution in [2.75, 3.05) is 0 Å². The third-order valence-electron chi connectivity index (χ3n) is 2.28. The van der Waals surface area contributed by atoms with Crippen LogP contribution in [0.4, 0.5) is 4.39 Å². The number of aromatic nitrogens is 1. The van der Waals surface area contributed by atoms with E-state index in [1.54, 1.807) is 24.3 Å². The van der Waals surface area contributed by atoms with E-state index in [0.29, 0.717) is 10.6 Å². The van der Waals surface area contributed by atoms with Gasteiger partial charge in [-0.2, -0.15) is 0 Å². The predicted molar refractivity (Wildman–Crippen MR) is 59.7 cm³/mol. The van der Waals surface area contributed by atoms with Gasteiger partial charge in [-0.05, 0) is 23.8 Å². The van der Waals surface area contributed by atoms with Crippen molar-refractivity contribution in [3.05, 3.63) is 64.7 Å². The highest BCUT2D eigenvalue weighted by Gasteiger charge is 2.14. The van der Waals surface area contributed by atoms with Crippen LogP contribution < -0.4 is 0 Å². The van der Waals surface area contributed by atoms with E-state index >= 15 is 0 Å². The van der Waals surface area contributed by atoms with Gasteiger partial charge in [-0.3, -0.25) is 4.98 Å². The monoisotopic (exact) mass is 237 g/mol. The molecule has 1 N–H and O–H groups in total. The van der Waals surface area contributed by atoms with E-state index in [0.717, 1.165) is 6.20 Å².